The van der Waals surface area contributed by atoms with Crippen molar-refractivity contribution in [1.29, 1.82) is 0 Å². The summed E-state index contributed by atoms with van der Waals surface area (Å²) in [5.41, 5.74) is 11.9. The highest BCUT2D eigenvalue weighted by Crippen LogP contribution is 2.42. The minimum absolute atomic E-state index is 0.334. The number of furan rings is 1. The Kier molecular flexibility index (Phi) is 8.88. The number of benzene rings is 6. The van der Waals surface area contributed by atoms with E-state index in [9.17, 15) is 0 Å². The first-order valence-electron chi connectivity index (χ1n) is 18.1. The maximum atomic E-state index is 6.85. The van der Waals surface area contributed by atoms with Crippen LogP contribution in [0.5, 0.6) is 0 Å². The van der Waals surface area contributed by atoms with Gasteiger partial charge in [-0.1, -0.05) is 154 Å². The lowest BCUT2D eigenvalue weighted by Crippen LogP contribution is -2.25. The van der Waals surface area contributed by atoms with Gasteiger partial charge in [-0.25, -0.2) is 4.99 Å². The molecule has 1 N–H and O–H groups in total. The summed E-state index contributed by atoms with van der Waals surface area (Å²) >= 11 is 0. The van der Waals surface area contributed by atoms with Gasteiger partial charge in [0, 0.05) is 44.2 Å². The number of para-hydroxylation sites is 3. The highest BCUT2D eigenvalue weighted by atomic mass is 16.3. The van der Waals surface area contributed by atoms with Crippen molar-refractivity contribution in [2.75, 3.05) is 5.32 Å². The molecule has 10 rings (SSSR count). The maximum Gasteiger partial charge on any atom is 0.201 e. The Bertz CT molecular complexity index is 2660. The first kappa shape index (κ1) is 32.8. The van der Waals surface area contributed by atoms with Gasteiger partial charge in [0.25, 0.3) is 0 Å². The van der Waals surface area contributed by atoms with Gasteiger partial charge in [-0.05, 0) is 59.0 Å². The highest BCUT2D eigenvalue weighted by molar-refractivity contribution is 6.24. The first-order valence-corrected chi connectivity index (χ1v) is 18.1. The van der Waals surface area contributed by atoms with E-state index in [1.54, 1.807) is 12.2 Å². The quantitative estimate of drug-likeness (QED) is 0.189. The highest BCUT2D eigenvalue weighted by Gasteiger charge is 2.29. The van der Waals surface area contributed by atoms with Crippen molar-refractivity contribution in [2.24, 2.45) is 4.99 Å². The number of aromatic nitrogens is 1. The van der Waals surface area contributed by atoms with E-state index in [0.29, 0.717) is 0 Å². The summed E-state index contributed by atoms with van der Waals surface area (Å²) in [6.07, 6.45) is 9.59. The van der Waals surface area contributed by atoms with E-state index in [1.165, 1.54) is 32.9 Å². The molecule has 0 bridgehead atoms. The third-order valence-electron chi connectivity index (χ3n) is 9.87. The number of aliphatic imine (C=N–C) groups is 1. The van der Waals surface area contributed by atoms with Crippen LogP contribution in [-0.4, -0.2) is 10.3 Å². The van der Waals surface area contributed by atoms with Crippen LogP contribution in [0.3, 0.4) is 0 Å². The van der Waals surface area contributed by atoms with Crippen LogP contribution < -0.4 is 5.32 Å². The standard InChI is InChI=1S/C42H29N3O.C4H6.C2H6/c1-2-12-26(13-3-1)29-18-10-19-30-31-20-11-21-34(41(31)46-40(29)30)39-32-16-6-8-22-35(32)43-42(44-39)45-36-23-9-7-17-33(36)38-28-15-5-4-14-27(28)24-25-37(38)45;1-3-4-2;1-2/h1-6,8-16,18-25,42-43H,7,17H2;3-4H,1-2H2;1-2H3. The van der Waals surface area contributed by atoms with Crippen molar-refractivity contribution in [3.05, 3.63) is 181 Å². The molecule has 1 atom stereocenters. The molecule has 3 heterocycles. The zero-order valence-electron chi connectivity index (χ0n) is 29.6. The van der Waals surface area contributed by atoms with Gasteiger partial charge in [0.1, 0.15) is 11.2 Å². The minimum atomic E-state index is -0.334. The fourth-order valence-electron chi connectivity index (χ4n) is 7.67. The summed E-state index contributed by atoms with van der Waals surface area (Å²) in [7, 11) is 0. The third kappa shape index (κ3) is 5.44. The van der Waals surface area contributed by atoms with Crippen LogP contribution in [-0.2, 0) is 6.42 Å². The van der Waals surface area contributed by atoms with E-state index in [0.717, 1.165) is 68.4 Å². The number of nitrogens with zero attached hydrogens (tertiary/aromatic N) is 2. The van der Waals surface area contributed by atoms with Crippen LogP contribution in [0.1, 0.15) is 48.9 Å². The summed E-state index contributed by atoms with van der Waals surface area (Å²) in [6, 6.07) is 45.1. The van der Waals surface area contributed by atoms with Crippen molar-refractivity contribution in [2.45, 2.75) is 33.0 Å². The summed E-state index contributed by atoms with van der Waals surface area (Å²) in [4.78, 5) is 5.55. The number of hydrogen-bond donors (Lipinski definition) is 1. The molecular weight excluding hydrogens is 635 g/mol. The lowest BCUT2D eigenvalue weighted by atomic mass is 9.96. The second kappa shape index (κ2) is 14.1. The molecular formula is C48H41N3O. The van der Waals surface area contributed by atoms with Gasteiger partial charge in [-0.3, -0.25) is 0 Å². The predicted molar refractivity (Wildman–Crippen MR) is 222 cm³/mol. The van der Waals surface area contributed by atoms with Crippen LogP contribution in [0.15, 0.2) is 168 Å². The normalized spacial score (nSPS) is 14.3. The van der Waals surface area contributed by atoms with Gasteiger partial charge in [0.05, 0.1) is 11.2 Å². The largest absolute Gasteiger partial charge is 0.455 e. The van der Waals surface area contributed by atoms with Gasteiger partial charge in [0.2, 0.25) is 6.29 Å². The molecule has 4 nitrogen and oxygen atoms in total. The molecule has 2 aromatic heterocycles. The molecule has 254 valence electrons. The number of allylic oxidation sites excluding steroid dienone is 3. The molecule has 0 fully saturated rings. The van der Waals surface area contributed by atoms with Crippen molar-refractivity contribution >= 4 is 61.1 Å². The Balaban J connectivity index is 0.000000606. The molecule has 0 spiro atoms. The molecule has 0 saturated heterocycles. The molecule has 0 amide bonds. The van der Waals surface area contributed by atoms with Crippen LogP contribution >= 0.6 is 0 Å². The van der Waals surface area contributed by atoms with Crippen molar-refractivity contribution in [3.8, 4) is 11.1 Å². The second-order valence-electron chi connectivity index (χ2n) is 12.7. The van der Waals surface area contributed by atoms with Crippen LogP contribution in [0, 0.1) is 0 Å². The average molecular weight is 676 g/mol. The maximum absolute atomic E-state index is 6.85. The number of aryl methyl sites for hydroxylation is 1. The van der Waals surface area contributed by atoms with Gasteiger partial charge in [-0.2, -0.15) is 0 Å². The van der Waals surface area contributed by atoms with Gasteiger partial charge in [0.15, 0.2) is 0 Å². The van der Waals surface area contributed by atoms with Crippen molar-refractivity contribution in [3.63, 3.8) is 0 Å². The molecule has 8 aromatic rings. The smallest absolute Gasteiger partial charge is 0.201 e. The van der Waals surface area contributed by atoms with Gasteiger partial charge in [-0.15, -0.1) is 0 Å². The summed E-state index contributed by atoms with van der Waals surface area (Å²) < 4.78 is 9.25. The van der Waals surface area contributed by atoms with E-state index in [1.807, 2.05) is 19.9 Å². The van der Waals surface area contributed by atoms with Crippen LogP contribution in [0.2, 0.25) is 0 Å². The summed E-state index contributed by atoms with van der Waals surface area (Å²) in [5, 5.41) is 9.91. The minimum Gasteiger partial charge on any atom is -0.455 e. The Morgan fingerprint density at radius 3 is 2.13 bits per heavy atom. The molecule has 1 aliphatic heterocycles. The van der Waals surface area contributed by atoms with E-state index in [4.69, 9.17) is 9.41 Å². The SMILES string of the molecule is C1=Cc2c(c3c4ccccc4ccc3n2C2N=C(c3cccc4c3oc3c(-c5ccccc5)cccc34)c3ccccc3N2)CC1.C=CC=C.CC. The van der Waals surface area contributed by atoms with Gasteiger partial charge >= 0.3 is 0 Å². The van der Waals surface area contributed by atoms with E-state index < -0.39 is 0 Å². The fraction of sp³-hybridized carbons (Fsp3) is 0.104. The van der Waals surface area contributed by atoms with Crippen molar-refractivity contribution in [1.82, 2.24) is 4.57 Å². The second-order valence-corrected chi connectivity index (χ2v) is 12.7. The van der Waals surface area contributed by atoms with E-state index in [-0.39, 0.29) is 6.29 Å². The Morgan fingerprint density at radius 2 is 1.35 bits per heavy atom. The zero-order valence-corrected chi connectivity index (χ0v) is 29.6. The first-order chi connectivity index (χ1) is 25.7. The number of fused-ring (bicyclic) bond motifs is 9. The monoisotopic (exact) mass is 675 g/mol. The molecule has 1 unspecified atom stereocenters. The number of nitrogens with one attached hydrogen (secondary N) is 1. The lowest BCUT2D eigenvalue weighted by Gasteiger charge is -2.28. The molecule has 0 saturated carbocycles. The van der Waals surface area contributed by atoms with Crippen LogP contribution in [0.25, 0.3) is 60.8 Å². The molecule has 1 aliphatic carbocycles. The Labute approximate surface area is 304 Å². The number of rotatable bonds is 4. The molecule has 4 heteroatoms. The van der Waals surface area contributed by atoms with Crippen LogP contribution in [0.4, 0.5) is 5.69 Å². The fourth-order valence-corrected chi connectivity index (χ4v) is 7.67. The van der Waals surface area contributed by atoms with Gasteiger partial charge < -0.3 is 14.3 Å². The summed E-state index contributed by atoms with van der Waals surface area (Å²) in [6.45, 7) is 10.7. The molecule has 6 aromatic carbocycles. The zero-order chi connectivity index (χ0) is 35.6. The third-order valence-corrected chi connectivity index (χ3v) is 9.87. The topological polar surface area (TPSA) is 42.5 Å². The number of anilines is 1. The molecule has 0 radical (unpaired) electrons. The van der Waals surface area contributed by atoms with E-state index >= 15 is 0 Å². The van der Waals surface area contributed by atoms with E-state index in [2.05, 4.69) is 157 Å². The Hall–Kier alpha value is -6.39. The summed E-state index contributed by atoms with van der Waals surface area (Å²) in [5.74, 6) is 0. The lowest BCUT2D eigenvalue weighted by molar-refractivity contribution is 0.599. The molecule has 2 aliphatic rings. The predicted octanol–water partition coefficient (Wildman–Crippen LogP) is 13.1. The number of hydrogen-bond acceptors (Lipinski definition) is 3. The Morgan fingerprint density at radius 1 is 0.692 bits per heavy atom. The van der Waals surface area contributed by atoms with Crippen molar-refractivity contribution < 1.29 is 4.42 Å². The molecule has 52 heavy (non-hydrogen) atoms. The average Bonchev–Trinajstić information content (AvgIpc) is 3.78.